The maximum atomic E-state index is 10.9. The van der Waals surface area contributed by atoms with Crippen molar-refractivity contribution in [2.45, 2.75) is 51.1 Å². The van der Waals surface area contributed by atoms with Crippen LogP contribution in [0.5, 0.6) is 0 Å². The molecule has 0 radical (unpaired) electrons. The minimum atomic E-state index is -0.801. The van der Waals surface area contributed by atoms with Crippen molar-refractivity contribution in [3.05, 3.63) is 21.9 Å². The number of fused-ring (bicyclic) bond motifs is 1. The van der Waals surface area contributed by atoms with Crippen LogP contribution in [0.3, 0.4) is 0 Å². The average molecular weight is 279 g/mol. The number of carboxylic acid groups (broad SMARTS) is 1. The minimum absolute atomic E-state index is 0.465. The molecule has 1 saturated heterocycles. The lowest BCUT2D eigenvalue weighted by Gasteiger charge is -2.44. The molecular formula is C15H21NO2S. The summed E-state index contributed by atoms with van der Waals surface area (Å²) < 4.78 is 0. The van der Waals surface area contributed by atoms with Crippen molar-refractivity contribution < 1.29 is 9.90 Å². The molecule has 1 N–H and O–H groups in total. The number of piperidine rings is 1. The molecule has 104 valence electrons. The van der Waals surface area contributed by atoms with Crippen LogP contribution >= 0.6 is 11.3 Å². The fraction of sp³-hybridized carbons (Fsp3) is 0.667. The lowest BCUT2D eigenvalue weighted by molar-refractivity contribution is 0.0555. The Morgan fingerprint density at radius 3 is 2.84 bits per heavy atom. The Hall–Kier alpha value is -0.870. The average Bonchev–Trinajstić information content (AvgIpc) is 2.88. The first kappa shape index (κ1) is 13.1. The van der Waals surface area contributed by atoms with Gasteiger partial charge < -0.3 is 5.11 Å². The second kappa shape index (κ2) is 5.63. The molecule has 0 spiro atoms. The number of nitrogens with zero attached hydrogens (tertiary/aromatic N) is 1. The lowest BCUT2D eigenvalue weighted by atomic mass is 9.78. The molecule has 1 aliphatic heterocycles. The molecule has 19 heavy (non-hydrogen) atoms. The van der Waals surface area contributed by atoms with Gasteiger partial charge in [0.15, 0.2) is 0 Å². The third kappa shape index (κ3) is 2.84. The second-order valence-corrected chi connectivity index (χ2v) is 6.96. The molecule has 1 aliphatic carbocycles. The number of hydrogen-bond donors (Lipinski definition) is 1. The van der Waals surface area contributed by atoms with Crippen molar-refractivity contribution in [1.82, 2.24) is 4.90 Å². The first-order chi connectivity index (χ1) is 9.24. The molecule has 2 fully saturated rings. The van der Waals surface area contributed by atoms with Crippen molar-refractivity contribution in [2.75, 3.05) is 6.54 Å². The van der Waals surface area contributed by atoms with E-state index in [2.05, 4.69) is 4.90 Å². The van der Waals surface area contributed by atoms with Crippen LogP contribution in [0.1, 0.15) is 53.1 Å². The molecule has 1 saturated carbocycles. The molecule has 2 aliphatic rings. The van der Waals surface area contributed by atoms with Crippen LogP contribution < -0.4 is 0 Å². The third-order valence-electron chi connectivity index (χ3n) is 4.59. The highest BCUT2D eigenvalue weighted by Crippen LogP contribution is 2.36. The predicted octanol–water partition coefficient (Wildman–Crippen LogP) is 3.60. The molecular weight excluding hydrogens is 258 g/mol. The van der Waals surface area contributed by atoms with E-state index in [1.165, 1.54) is 61.3 Å². The zero-order chi connectivity index (χ0) is 13.2. The summed E-state index contributed by atoms with van der Waals surface area (Å²) in [6.07, 6.45) is 8.19. The topological polar surface area (TPSA) is 40.5 Å². The van der Waals surface area contributed by atoms with E-state index in [1.54, 1.807) is 6.07 Å². The van der Waals surface area contributed by atoms with Gasteiger partial charge in [-0.2, -0.15) is 0 Å². The lowest BCUT2D eigenvalue weighted by Crippen LogP contribution is -2.46. The van der Waals surface area contributed by atoms with Crippen LogP contribution in [0.25, 0.3) is 0 Å². The summed E-state index contributed by atoms with van der Waals surface area (Å²) >= 11 is 1.43. The third-order valence-corrected chi connectivity index (χ3v) is 5.65. The number of likely N-dealkylation sites (tertiary alicyclic amines) is 1. The van der Waals surface area contributed by atoms with Gasteiger partial charge in [0.05, 0.1) is 0 Å². The van der Waals surface area contributed by atoms with E-state index < -0.39 is 5.97 Å². The number of hydrogen-bond acceptors (Lipinski definition) is 3. The molecule has 1 aromatic rings. The van der Waals surface area contributed by atoms with Crippen molar-refractivity contribution in [3.8, 4) is 0 Å². The molecule has 0 unspecified atom stereocenters. The van der Waals surface area contributed by atoms with Gasteiger partial charge in [0.1, 0.15) is 4.88 Å². The van der Waals surface area contributed by atoms with Gasteiger partial charge in [-0.05, 0) is 50.3 Å². The predicted molar refractivity (Wildman–Crippen MR) is 76.7 cm³/mol. The summed E-state index contributed by atoms with van der Waals surface area (Å²) in [5.74, 6) is 0.0897. The molecule has 0 amide bonds. The molecule has 2 atom stereocenters. The van der Waals surface area contributed by atoms with Crippen molar-refractivity contribution in [1.29, 1.82) is 0 Å². The largest absolute Gasteiger partial charge is 0.477 e. The summed E-state index contributed by atoms with van der Waals surface area (Å²) in [7, 11) is 0. The van der Waals surface area contributed by atoms with Crippen molar-refractivity contribution in [3.63, 3.8) is 0 Å². The highest BCUT2D eigenvalue weighted by Gasteiger charge is 2.33. The van der Waals surface area contributed by atoms with Gasteiger partial charge in [-0.1, -0.05) is 12.8 Å². The van der Waals surface area contributed by atoms with E-state index in [-0.39, 0.29) is 0 Å². The highest BCUT2D eigenvalue weighted by molar-refractivity contribution is 7.13. The van der Waals surface area contributed by atoms with Crippen LogP contribution in [-0.4, -0.2) is 28.6 Å². The number of carbonyl (C=O) groups is 1. The Kier molecular flexibility index (Phi) is 3.89. The monoisotopic (exact) mass is 279 g/mol. The second-order valence-electron chi connectivity index (χ2n) is 5.80. The molecule has 2 heterocycles. The molecule has 0 bridgehead atoms. The Bertz CT molecular complexity index is 455. The number of aromatic carboxylic acids is 1. The number of carboxylic acids is 1. The molecule has 3 rings (SSSR count). The smallest absolute Gasteiger partial charge is 0.345 e. The van der Waals surface area contributed by atoms with Crippen LogP contribution in [-0.2, 0) is 6.54 Å². The first-order valence-corrected chi connectivity index (χ1v) is 8.12. The summed E-state index contributed by atoms with van der Waals surface area (Å²) in [5.41, 5.74) is 0. The molecule has 1 aromatic heterocycles. The standard InChI is InChI=1S/C15H21NO2S/c17-15(18)14-8-7-12(19-14)10-16-9-3-5-11-4-1-2-6-13(11)16/h7-8,11,13H,1-6,9-10H2,(H,17,18)/t11-,13-/m1/s1. The zero-order valence-corrected chi connectivity index (χ0v) is 12.0. The first-order valence-electron chi connectivity index (χ1n) is 7.30. The zero-order valence-electron chi connectivity index (χ0n) is 11.2. The van der Waals surface area contributed by atoms with Crippen molar-refractivity contribution >= 4 is 17.3 Å². The van der Waals surface area contributed by atoms with E-state index in [4.69, 9.17) is 5.11 Å². The molecule has 4 heteroatoms. The summed E-state index contributed by atoms with van der Waals surface area (Å²) in [5, 5.41) is 8.99. The van der Waals surface area contributed by atoms with Crippen LogP contribution in [0.2, 0.25) is 0 Å². The summed E-state index contributed by atoms with van der Waals surface area (Å²) in [6.45, 7) is 2.13. The van der Waals surface area contributed by atoms with E-state index >= 15 is 0 Å². The van der Waals surface area contributed by atoms with Crippen LogP contribution in [0.15, 0.2) is 12.1 Å². The van der Waals surface area contributed by atoms with Crippen LogP contribution in [0.4, 0.5) is 0 Å². The van der Waals surface area contributed by atoms with Crippen LogP contribution in [0, 0.1) is 5.92 Å². The fourth-order valence-corrected chi connectivity index (χ4v) is 4.57. The Morgan fingerprint density at radius 1 is 1.26 bits per heavy atom. The van der Waals surface area contributed by atoms with E-state index in [1.807, 2.05) is 6.07 Å². The SMILES string of the molecule is O=C(O)c1ccc(CN2CCC[C@H]3CCCC[C@H]32)s1. The quantitative estimate of drug-likeness (QED) is 0.919. The van der Waals surface area contributed by atoms with Gasteiger partial charge in [-0.15, -0.1) is 11.3 Å². The highest BCUT2D eigenvalue weighted by atomic mass is 32.1. The van der Waals surface area contributed by atoms with Crippen molar-refractivity contribution in [2.24, 2.45) is 5.92 Å². The Labute approximate surface area is 118 Å². The maximum absolute atomic E-state index is 10.9. The van der Waals surface area contributed by atoms with E-state index in [0.29, 0.717) is 4.88 Å². The minimum Gasteiger partial charge on any atom is -0.477 e. The van der Waals surface area contributed by atoms with E-state index in [9.17, 15) is 4.79 Å². The Morgan fingerprint density at radius 2 is 2.05 bits per heavy atom. The van der Waals surface area contributed by atoms with Gasteiger partial charge in [0.25, 0.3) is 0 Å². The molecule has 3 nitrogen and oxygen atoms in total. The Balaban J connectivity index is 1.68. The summed E-state index contributed by atoms with van der Waals surface area (Å²) in [4.78, 5) is 15.2. The van der Waals surface area contributed by atoms with Gasteiger partial charge in [0.2, 0.25) is 0 Å². The normalized spacial score (nSPS) is 28.0. The number of thiophene rings is 1. The maximum Gasteiger partial charge on any atom is 0.345 e. The van der Waals surface area contributed by atoms with Gasteiger partial charge in [-0.3, -0.25) is 4.90 Å². The van der Waals surface area contributed by atoms with Gasteiger partial charge in [0, 0.05) is 17.5 Å². The van der Waals surface area contributed by atoms with Gasteiger partial charge >= 0.3 is 5.97 Å². The van der Waals surface area contributed by atoms with Gasteiger partial charge in [-0.25, -0.2) is 4.79 Å². The number of rotatable bonds is 3. The van der Waals surface area contributed by atoms with E-state index in [0.717, 1.165) is 18.5 Å². The molecule has 0 aromatic carbocycles. The summed E-state index contributed by atoms with van der Waals surface area (Å²) in [6, 6.07) is 4.48. The fourth-order valence-electron chi connectivity index (χ4n) is 3.70.